The van der Waals surface area contributed by atoms with Crippen LogP contribution in [0.15, 0.2) is 36.5 Å². The van der Waals surface area contributed by atoms with E-state index in [2.05, 4.69) is 15.6 Å². The number of carbonyl (C=O) groups excluding carboxylic acids is 2. The summed E-state index contributed by atoms with van der Waals surface area (Å²) in [5.41, 5.74) is 2.05. The lowest BCUT2D eigenvalue weighted by atomic mass is 10.1. The van der Waals surface area contributed by atoms with Gasteiger partial charge in [0.25, 0.3) is 12.3 Å². The maximum Gasteiger partial charge on any atom is 0.272 e. The number of aromatic nitrogens is 1. The zero-order chi connectivity index (χ0) is 20.1. The molecule has 1 heterocycles. The third-order valence-electron chi connectivity index (χ3n) is 4.35. The number of nitrogens with one attached hydrogen (secondary N) is 2. The van der Waals surface area contributed by atoms with Crippen molar-refractivity contribution in [2.75, 3.05) is 11.9 Å². The van der Waals surface area contributed by atoms with Crippen LogP contribution in [0.1, 0.15) is 34.3 Å². The van der Waals surface area contributed by atoms with Gasteiger partial charge in [0, 0.05) is 24.2 Å². The van der Waals surface area contributed by atoms with Crippen molar-refractivity contribution in [1.82, 2.24) is 10.3 Å². The Bertz CT molecular complexity index is 870. The third-order valence-corrected chi connectivity index (χ3v) is 4.35. The molecule has 6 nitrogen and oxygen atoms in total. The van der Waals surface area contributed by atoms with E-state index in [-0.39, 0.29) is 24.3 Å². The summed E-state index contributed by atoms with van der Waals surface area (Å²) in [6.45, 7) is 1.43. The van der Waals surface area contributed by atoms with E-state index in [9.17, 15) is 18.4 Å². The molecule has 28 heavy (non-hydrogen) atoms. The van der Waals surface area contributed by atoms with Gasteiger partial charge in [-0.05, 0) is 55.2 Å². The molecule has 8 heteroatoms. The van der Waals surface area contributed by atoms with Gasteiger partial charge in [0.05, 0.1) is 0 Å². The van der Waals surface area contributed by atoms with Gasteiger partial charge in [-0.3, -0.25) is 9.59 Å². The lowest BCUT2D eigenvalue weighted by Crippen LogP contribution is -2.23. The molecule has 1 aliphatic rings. The average molecular weight is 389 g/mol. The number of ether oxygens (including phenoxy) is 1. The highest BCUT2D eigenvalue weighted by atomic mass is 19.3. The van der Waals surface area contributed by atoms with E-state index in [0.717, 1.165) is 24.0 Å². The summed E-state index contributed by atoms with van der Waals surface area (Å²) in [5, 5.41) is 5.51. The van der Waals surface area contributed by atoms with Crippen molar-refractivity contribution in [3.8, 4) is 5.75 Å². The number of halogens is 2. The van der Waals surface area contributed by atoms with Gasteiger partial charge in [0.15, 0.2) is 0 Å². The second-order valence-corrected chi connectivity index (χ2v) is 6.67. The molecule has 1 fully saturated rings. The monoisotopic (exact) mass is 389 g/mol. The first-order chi connectivity index (χ1) is 13.4. The Kier molecular flexibility index (Phi) is 6.18. The normalized spacial score (nSPS) is 13.3. The SMILES string of the molecule is Cc1cc(OCC(F)F)ccc1CNC(=O)c1ccnc(NC(=O)C2CC2)c1. The maximum absolute atomic E-state index is 12.4. The van der Waals surface area contributed by atoms with Crippen LogP contribution in [0, 0.1) is 12.8 Å². The summed E-state index contributed by atoms with van der Waals surface area (Å²) < 4.78 is 29.4. The topological polar surface area (TPSA) is 80.3 Å². The fourth-order valence-electron chi connectivity index (χ4n) is 2.61. The molecular formula is C20H21F2N3O3. The molecule has 0 radical (unpaired) electrons. The fourth-order valence-corrected chi connectivity index (χ4v) is 2.61. The van der Waals surface area contributed by atoms with Crippen molar-refractivity contribution in [3.63, 3.8) is 0 Å². The Labute approximate surface area is 161 Å². The quantitative estimate of drug-likeness (QED) is 0.726. The highest BCUT2D eigenvalue weighted by molar-refractivity contribution is 5.97. The van der Waals surface area contributed by atoms with Crippen LogP contribution < -0.4 is 15.4 Å². The van der Waals surface area contributed by atoms with Crippen LogP contribution in [0.3, 0.4) is 0 Å². The van der Waals surface area contributed by atoms with Gasteiger partial charge in [-0.25, -0.2) is 13.8 Å². The number of pyridine rings is 1. The summed E-state index contributed by atoms with van der Waals surface area (Å²) in [4.78, 5) is 28.3. The van der Waals surface area contributed by atoms with Crippen LogP contribution in [0.5, 0.6) is 5.75 Å². The van der Waals surface area contributed by atoms with Gasteiger partial charge in [-0.1, -0.05) is 6.07 Å². The van der Waals surface area contributed by atoms with Crippen molar-refractivity contribution in [2.24, 2.45) is 5.92 Å². The van der Waals surface area contributed by atoms with Crippen LogP contribution in [0.25, 0.3) is 0 Å². The zero-order valence-corrected chi connectivity index (χ0v) is 15.4. The molecule has 1 aromatic heterocycles. The fraction of sp³-hybridized carbons (Fsp3) is 0.350. The molecule has 1 aromatic carbocycles. The Balaban J connectivity index is 1.57. The minimum atomic E-state index is -2.53. The Morgan fingerprint density at radius 2 is 2.04 bits per heavy atom. The van der Waals surface area contributed by atoms with Crippen molar-refractivity contribution in [1.29, 1.82) is 0 Å². The molecule has 0 saturated heterocycles. The second kappa shape index (κ2) is 8.77. The van der Waals surface area contributed by atoms with Crippen LogP contribution in [0.4, 0.5) is 14.6 Å². The number of anilines is 1. The zero-order valence-electron chi connectivity index (χ0n) is 15.4. The lowest BCUT2D eigenvalue weighted by Gasteiger charge is -2.11. The summed E-state index contributed by atoms with van der Waals surface area (Å²) in [7, 11) is 0. The van der Waals surface area contributed by atoms with Crippen LogP contribution in [0.2, 0.25) is 0 Å². The van der Waals surface area contributed by atoms with E-state index in [4.69, 9.17) is 4.74 Å². The highest BCUT2D eigenvalue weighted by Crippen LogP contribution is 2.30. The predicted octanol–water partition coefficient (Wildman–Crippen LogP) is 3.31. The van der Waals surface area contributed by atoms with Crippen LogP contribution >= 0.6 is 0 Å². The van der Waals surface area contributed by atoms with E-state index in [1.165, 1.54) is 12.3 Å². The van der Waals surface area contributed by atoms with E-state index >= 15 is 0 Å². The van der Waals surface area contributed by atoms with Crippen molar-refractivity contribution in [2.45, 2.75) is 32.7 Å². The van der Waals surface area contributed by atoms with E-state index in [1.54, 1.807) is 24.3 Å². The number of rotatable bonds is 8. The van der Waals surface area contributed by atoms with Crippen LogP contribution in [-0.4, -0.2) is 29.8 Å². The van der Waals surface area contributed by atoms with Crippen molar-refractivity contribution >= 4 is 17.6 Å². The van der Waals surface area contributed by atoms with Gasteiger partial charge in [0.1, 0.15) is 18.2 Å². The first-order valence-corrected chi connectivity index (χ1v) is 8.98. The summed E-state index contributed by atoms with van der Waals surface area (Å²) >= 11 is 0. The minimum Gasteiger partial charge on any atom is -0.488 e. The van der Waals surface area contributed by atoms with E-state index in [1.807, 2.05) is 6.92 Å². The molecule has 2 N–H and O–H groups in total. The van der Waals surface area contributed by atoms with E-state index in [0.29, 0.717) is 17.1 Å². The summed E-state index contributed by atoms with van der Waals surface area (Å²) in [6, 6.07) is 8.07. The number of hydrogen-bond acceptors (Lipinski definition) is 4. The predicted molar refractivity (Wildman–Crippen MR) is 99.4 cm³/mol. The number of nitrogens with zero attached hydrogens (tertiary/aromatic N) is 1. The van der Waals surface area contributed by atoms with Gasteiger partial charge < -0.3 is 15.4 Å². The smallest absolute Gasteiger partial charge is 0.272 e. The summed E-state index contributed by atoms with van der Waals surface area (Å²) in [5.74, 6) is 0.380. The Morgan fingerprint density at radius 1 is 1.25 bits per heavy atom. The van der Waals surface area contributed by atoms with Gasteiger partial charge in [-0.15, -0.1) is 0 Å². The summed E-state index contributed by atoms with van der Waals surface area (Å²) in [6.07, 6.45) is 0.713. The minimum absolute atomic E-state index is 0.0508. The largest absolute Gasteiger partial charge is 0.488 e. The molecule has 0 atom stereocenters. The number of aryl methyl sites for hydroxylation is 1. The molecular weight excluding hydrogens is 368 g/mol. The number of amides is 2. The first kappa shape index (κ1) is 19.7. The average Bonchev–Trinajstić information content (AvgIpc) is 3.51. The molecule has 0 bridgehead atoms. The molecule has 1 aliphatic carbocycles. The Hall–Kier alpha value is -3.03. The molecule has 0 aliphatic heterocycles. The van der Waals surface area contributed by atoms with Crippen molar-refractivity contribution < 1.29 is 23.1 Å². The van der Waals surface area contributed by atoms with Crippen molar-refractivity contribution in [3.05, 3.63) is 53.2 Å². The number of benzene rings is 1. The second-order valence-electron chi connectivity index (χ2n) is 6.67. The van der Waals surface area contributed by atoms with Crippen LogP contribution in [-0.2, 0) is 11.3 Å². The number of hydrogen-bond donors (Lipinski definition) is 2. The number of carbonyl (C=O) groups is 2. The first-order valence-electron chi connectivity index (χ1n) is 8.98. The molecule has 3 rings (SSSR count). The molecule has 0 unspecified atom stereocenters. The van der Waals surface area contributed by atoms with Gasteiger partial charge in [-0.2, -0.15) is 0 Å². The molecule has 2 aromatic rings. The maximum atomic E-state index is 12.4. The molecule has 0 spiro atoms. The third kappa shape index (κ3) is 5.48. The van der Waals surface area contributed by atoms with Gasteiger partial charge >= 0.3 is 0 Å². The van der Waals surface area contributed by atoms with E-state index < -0.39 is 13.0 Å². The lowest BCUT2D eigenvalue weighted by molar-refractivity contribution is -0.117. The molecule has 1 saturated carbocycles. The Morgan fingerprint density at radius 3 is 2.71 bits per heavy atom. The molecule has 148 valence electrons. The molecule has 2 amide bonds. The standard InChI is InChI=1S/C20H21F2N3O3/c1-12-8-16(28-11-17(21)22)5-4-15(12)10-24-19(26)14-6-7-23-18(9-14)25-20(27)13-2-3-13/h4-9,13,17H,2-3,10-11H2,1H3,(H,24,26)(H,23,25,27). The van der Waals surface area contributed by atoms with Gasteiger partial charge in [0.2, 0.25) is 5.91 Å². The highest BCUT2D eigenvalue weighted by Gasteiger charge is 2.29. The number of alkyl halides is 2.